The van der Waals surface area contributed by atoms with Crippen molar-refractivity contribution in [1.82, 2.24) is 9.97 Å². The van der Waals surface area contributed by atoms with Gasteiger partial charge >= 0.3 is 5.97 Å². The second-order valence-corrected chi connectivity index (χ2v) is 4.14. The summed E-state index contributed by atoms with van der Waals surface area (Å²) < 4.78 is 5.57. The molecule has 0 radical (unpaired) electrons. The van der Waals surface area contributed by atoms with E-state index >= 15 is 0 Å². The van der Waals surface area contributed by atoms with E-state index in [1.54, 1.807) is 12.4 Å². The molecule has 5 heteroatoms. The smallest absolute Gasteiger partial charge is 0.303 e. The highest BCUT2D eigenvalue weighted by molar-refractivity contribution is 5.66. The van der Waals surface area contributed by atoms with E-state index in [4.69, 9.17) is 9.84 Å². The molecule has 0 unspecified atom stereocenters. The highest BCUT2D eigenvalue weighted by Crippen LogP contribution is 2.20. The minimum atomic E-state index is -0.858. The zero-order valence-electron chi connectivity index (χ0n) is 10.5. The number of carboxylic acids is 1. The number of ether oxygens (including phenoxy) is 1. The number of aliphatic carboxylic acids is 1. The van der Waals surface area contributed by atoms with Crippen molar-refractivity contribution >= 4 is 5.97 Å². The van der Waals surface area contributed by atoms with Crippen LogP contribution in [-0.4, -0.2) is 21.0 Å². The molecule has 1 N–H and O–H groups in total. The van der Waals surface area contributed by atoms with Crippen molar-refractivity contribution in [2.75, 3.05) is 0 Å². The molecule has 1 heterocycles. The van der Waals surface area contributed by atoms with Gasteiger partial charge in [-0.05, 0) is 19.1 Å². The third kappa shape index (κ3) is 4.06. The van der Waals surface area contributed by atoms with Crippen molar-refractivity contribution in [3.8, 4) is 11.5 Å². The first-order chi connectivity index (χ1) is 9.13. The SMILES string of the molecule is Cc1ccc(Oc2cnc(CCC(=O)O)nc2)cc1. The Bertz CT molecular complexity index is 550. The van der Waals surface area contributed by atoms with E-state index in [1.807, 2.05) is 31.2 Å². The van der Waals surface area contributed by atoms with Gasteiger partial charge in [0.25, 0.3) is 0 Å². The lowest BCUT2D eigenvalue weighted by Crippen LogP contribution is -2.01. The molecule has 0 aliphatic carbocycles. The van der Waals surface area contributed by atoms with Gasteiger partial charge in [0.05, 0.1) is 18.8 Å². The van der Waals surface area contributed by atoms with E-state index in [0.717, 1.165) is 5.56 Å². The van der Waals surface area contributed by atoms with Crippen LogP contribution in [0.1, 0.15) is 17.8 Å². The first kappa shape index (κ1) is 13.0. The van der Waals surface area contributed by atoms with Crippen LogP contribution in [0.2, 0.25) is 0 Å². The first-order valence-corrected chi connectivity index (χ1v) is 5.91. The number of hydrogen-bond acceptors (Lipinski definition) is 4. The monoisotopic (exact) mass is 258 g/mol. The number of nitrogens with zero attached hydrogens (tertiary/aromatic N) is 2. The first-order valence-electron chi connectivity index (χ1n) is 5.91. The van der Waals surface area contributed by atoms with Gasteiger partial charge in [0.2, 0.25) is 0 Å². The summed E-state index contributed by atoms with van der Waals surface area (Å²) in [7, 11) is 0. The van der Waals surface area contributed by atoms with Crippen molar-refractivity contribution in [2.45, 2.75) is 19.8 Å². The predicted octanol–water partition coefficient (Wildman–Crippen LogP) is 2.59. The molecule has 98 valence electrons. The quantitative estimate of drug-likeness (QED) is 0.892. The second-order valence-electron chi connectivity index (χ2n) is 4.14. The molecule has 0 saturated carbocycles. The molecule has 19 heavy (non-hydrogen) atoms. The maximum Gasteiger partial charge on any atom is 0.303 e. The number of carboxylic acid groups (broad SMARTS) is 1. The fraction of sp³-hybridized carbons (Fsp3) is 0.214. The predicted molar refractivity (Wildman–Crippen MR) is 69.2 cm³/mol. The molecule has 5 nitrogen and oxygen atoms in total. The highest BCUT2D eigenvalue weighted by atomic mass is 16.5. The third-order valence-corrected chi connectivity index (χ3v) is 2.50. The molecule has 1 aromatic heterocycles. The van der Waals surface area contributed by atoms with E-state index < -0.39 is 5.97 Å². The van der Waals surface area contributed by atoms with E-state index in [-0.39, 0.29) is 6.42 Å². The highest BCUT2D eigenvalue weighted by Gasteiger charge is 2.03. The lowest BCUT2D eigenvalue weighted by Gasteiger charge is -2.05. The molecular weight excluding hydrogens is 244 g/mol. The van der Waals surface area contributed by atoms with Crippen molar-refractivity contribution in [1.29, 1.82) is 0 Å². The van der Waals surface area contributed by atoms with Crippen LogP contribution in [0.15, 0.2) is 36.7 Å². The average Bonchev–Trinajstić information content (AvgIpc) is 2.40. The summed E-state index contributed by atoms with van der Waals surface area (Å²) in [6, 6.07) is 7.65. The van der Waals surface area contributed by atoms with Gasteiger partial charge in [-0.1, -0.05) is 17.7 Å². The lowest BCUT2D eigenvalue weighted by molar-refractivity contribution is -0.137. The van der Waals surface area contributed by atoms with Gasteiger partial charge in [0.1, 0.15) is 11.6 Å². The summed E-state index contributed by atoms with van der Waals surface area (Å²) in [5.41, 5.74) is 1.16. The van der Waals surface area contributed by atoms with Crippen molar-refractivity contribution in [3.63, 3.8) is 0 Å². The van der Waals surface area contributed by atoms with E-state index in [2.05, 4.69) is 9.97 Å². The summed E-state index contributed by atoms with van der Waals surface area (Å²) in [6.45, 7) is 2.00. The normalized spacial score (nSPS) is 10.2. The van der Waals surface area contributed by atoms with E-state index in [1.165, 1.54) is 0 Å². The average molecular weight is 258 g/mol. The van der Waals surface area contributed by atoms with Crippen molar-refractivity contribution < 1.29 is 14.6 Å². The maximum atomic E-state index is 10.4. The van der Waals surface area contributed by atoms with Crippen molar-refractivity contribution in [3.05, 3.63) is 48.0 Å². The topological polar surface area (TPSA) is 72.3 Å². The number of hydrogen-bond donors (Lipinski definition) is 1. The third-order valence-electron chi connectivity index (χ3n) is 2.50. The molecule has 0 aliphatic heterocycles. The fourth-order valence-electron chi connectivity index (χ4n) is 1.49. The Labute approximate surface area is 110 Å². The molecule has 0 amide bonds. The number of aryl methyl sites for hydroxylation is 2. The fourth-order valence-corrected chi connectivity index (χ4v) is 1.49. The van der Waals surface area contributed by atoms with Gasteiger partial charge in [-0.15, -0.1) is 0 Å². The minimum absolute atomic E-state index is 0.0260. The molecule has 2 aromatic rings. The Hall–Kier alpha value is -2.43. The van der Waals surface area contributed by atoms with Crippen LogP contribution >= 0.6 is 0 Å². The van der Waals surface area contributed by atoms with Crippen LogP contribution in [0.25, 0.3) is 0 Å². The summed E-state index contributed by atoms with van der Waals surface area (Å²) in [4.78, 5) is 18.6. The zero-order valence-corrected chi connectivity index (χ0v) is 10.5. The van der Waals surface area contributed by atoms with Gasteiger partial charge in [-0.3, -0.25) is 4.79 Å². The Morgan fingerprint density at radius 1 is 1.16 bits per heavy atom. The molecule has 1 aromatic carbocycles. The molecule has 0 atom stereocenters. The van der Waals surface area contributed by atoms with Gasteiger partial charge in [-0.25, -0.2) is 9.97 Å². The molecule has 0 spiro atoms. The van der Waals surface area contributed by atoms with Crippen LogP contribution < -0.4 is 4.74 Å². The van der Waals surface area contributed by atoms with Crippen molar-refractivity contribution in [2.24, 2.45) is 0 Å². The van der Waals surface area contributed by atoms with Gasteiger partial charge < -0.3 is 9.84 Å². The summed E-state index contributed by atoms with van der Waals surface area (Å²) in [5.74, 6) is 0.887. The molecule has 2 rings (SSSR count). The number of benzene rings is 1. The second kappa shape index (κ2) is 5.95. The lowest BCUT2D eigenvalue weighted by atomic mass is 10.2. The van der Waals surface area contributed by atoms with Crippen LogP contribution in [0, 0.1) is 6.92 Å². The Balaban J connectivity index is 1.98. The Morgan fingerprint density at radius 3 is 2.37 bits per heavy atom. The van der Waals surface area contributed by atoms with E-state index in [9.17, 15) is 4.79 Å². The van der Waals surface area contributed by atoms with Gasteiger partial charge in [0.15, 0.2) is 5.75 Å². The summed E-state index contributed by atoms with van der Waals surface area (Å²) in [6.07, 6.45) is 3.44. The molecule has 0 saturated heterocycles. The molecular formula is C14H14N2O3. The number of rotatable bonds is 5. The zero-order chi connectivity index (χ0) is 13.7. The standard InChI is InChI=1S/C14H14N2O3/c1-10-2-4-11(5-3-10)19-12-8-15-13(16-9-12)6-7-14(17)18/h2-5,8-9H,6-7H2,1H3,(H,17,18). The molecule has 0 fully saturated rings. The van der Waals surface area contributed by atoms with Gasteiger partial charge in [-0.2, -0.15) is 0 Å². The van der Waals surface area contributed by atoms with Crippen LogP contribution in [0.3, 0.4) is 0 Å². The summed E-state index contributed by atoms with van der Waals surface area (Å²) in [5, 5.41) is 8.57. The largest absolute Gasteiger partial charge is 0.481 e. The maximum absolute atomic E-state index is 10.4. The van der Waals surface area contributed by atoms with E-state index in [0.29, 0.717) is 23.7 Å². The van der Waals surface area contributed by atoms with Crippen LogP contribution in [-0.2, 0) is 11.2 Å². The summed E-state index contributed by atoms with van der Waals surface area (Å²) >= 11 is 0. The molecule has 0 aliphatic rings. The molecule has 0 bridgehead atoms. The van der Waals surface area contributed by atoms with Crippen LogP contribution in [0.5, 0.6) is 11.5 Å². The van der Waals surface area contributed by atoms with Crippen LogP contribution in [0.4, 0.5) is 0 Å². The Kier molecular flexibility index (Phi) is 4.07. The Morgan fingerprint density at radius 2 is 1.79 bits per heavy atom. The minimum Gasteiger partial charge on any atom is -0.481 e. The number of aromatic nitrogens is 2. The van der Waals surface area contributed by atoms with Gasteiger partial charge in [0, 0.05) is 6.42 Å². The number of carbonyl (C=O) groups is 1.